The second-order valence-electron chi connectivity index (χ2n) is 5.42. The first-order valence-corrected chi connectivity index (χ1v) is 9.25. The van der Waals surface area contributed by atoms with Gasteiger partial charge in [-0.05, 0) is 29.8 Å². The van der Waals surface area contributed by atoms with E-state index in [9.17, 15) is 13.2 Å². The molecule has 0 spiro atoms. The van der Waals surface area contributed by atoms with Crippen LogP contribution in [-0.4, -0.2) is 25.6 Å². The zero-order chi connectivity index (χ0) is 17.2. The fourth-order valence-electron chi connectivity index (χ4n) is 2.23. The third-order valence-electron chi connectivity index (χ3n) is 3.28. The van der Waals surface area contributed by atoms with Gasteiger partial charge in [-0.25, -0.2) is 18.2 Å². The number of hydrogen-bond acceptors (Lipinski definition) is 6. The molecule has 0 atom stereocenters. The monoisotopic (exact) mass is 345 g/mol. The second kappa shape index (κ2) is 6.45. The van der Waals surface area contributed by atoms with E-state index in [2.05, 4.69) is 4.98 Å². The van der Waals surface area contributed by atoms with Gasteiger partial charge in [-0.1, -0.05) is 24.3 Å². The molecule has 0 unspecified atom stereocenters. The molecule has 1 heterocycles. The highest BCUT2D eigenvalue weighted by molar-refractivity contribution is 7.89. The van der Waals surface area contributed by atoms with Gasteiger partial charge in [0.1, 0.15) is 5.52 Å². The average molecular weight is 345 g/mol. The molecule has 0 N–H and O–H groups in total. The lowest BCUT2D eigenvalue weighted by Crippen LogP contribution is -2.06. The number of benzene rings is 2. The number of carbonyl (C=O) groups is 1. The van der Waals surface area contributed by atoms with Crippen molar-refractivity contribution in [3.8, 4) is 0 Å². The van der Waals surface area contributed by atoms with Crippen molar-refractivity contribution in [3.05, 3.63) is 65.5 Å². The van der Waals surface area contributed by atoms with Crippen molar-refractivity contribution in [2.24, 2.45) is 0 Å². The van der Waals surface area contributed by atoms with E-state index >= 15 is 0 Å². The topological polar surface area (TPSA) is 86.5 Å². The van der Waals surface area contributed by atoms with E-state index in [4.69, 9.17) is 9.15 Å². The smallest absolute Gasteiger partial charge is 0.338 e. The molecule has 1 aromatic heterocycles. The third kappa shape index (κ3) is 3.99. The highest BCUT2D eigenvalue weighted by Gasteiger charge is 2.12. The second-order valence-corrected chi connectivity index (χ2v) is 7.56. The van der Waals surface area contributed by atoms with Crippen molar-refractivity contribution in [1.29, 1.82) is 0 Å². The number of aromatic nitrogens is 1. The van der Waals surface area contributed by atoms with Crippen LogP contribution in [0.1, 0.15) is 21.8 Å². The Hall–Kier alpha value is -2.67. The number of hydrogen-bond donors (Lipinski definition) is 0. The number of ether oxygens (including phenoxy) is 1. The van der Waals surface area contributed by atoms with Crippen LogP contribution < -0.4 is 0 Å². The number of oxazole rings is 1. The summed E-state index contributed by atoms with van der Waals surface area (Å²) in [5.74, 6) is -0.271. The van der Waals surface area contributed by atoms with Crippen molar-refractivity contribution in [2.45, 2.75) is 12.4 Å². The summed E-state index contributed by atoms with van der Waals surface area (Å²) in [4.78, 5) is 16.2. The molecule has 6 nitrogen and oxygen atoms in total. The number of esters is 1. The number of nitrogens with zero attached hydrogens (tertiary/aromatic N) is 1. The van der Waals surface area contributed by atoms with Gasteiger partial charge in [0.2, 0.25) is 5.89 Å². The highest BCUT2D eigenvalue weighted by atomic mass is 32.2. The average Bonchev–Trinajstić information content (AvgIpc) is 2.94. The molecule has 0 radical (unpaired) electrons. The Kier molecular flexibility index (Phi) is 4.35. The first kappa shape index (κ1) is 16.2. The fourth-order valence-corrected chi connectivity index (χ4v) is 3.03. The predicted octanol–water partition coefficient (Wildman–Crippen LogP) is 2.73. The first-order valence-electron chi connectivity index (χ1n) is 7.19. The predicted molar refractivity (Wildman–Crippen MR) is 88.1 cm³/mol. The molecule has 0 saturated carbocycles. The largest absolute Gasteiger partial charge is 0.452 e. The number of para-hydroxylation sites is 2. The molecule has 0 saturated heterocycles. The summed E-state index contributed by atoms with van der Waals surface area (Å²) in [6, 6.07) is 13.5. The van der Waals surface area contributed by atoms with Gasteiger partial charge >= 0.3 is 5.97 Å². The van der Waals surface area contributed by atoms with E-state index in [1.807, 2.05) is 18.2 Å². The number of fused-ring (bicyclic) bond motifs is 1. The number of rotatable bonds is 5. The molecule has 7 heteroatoms. The minimum absolute atomic E-state index is 0.0643. The maximum Gasteiger partial charge on any atom is 0.338 e. The van der Waals surface area contributed by atoms with Crippen LogP contribution in [0.25, 0.3) is 11.1 Å². The molecule has 0 aliphatic rings. The van der Waals surface area contributed by atoms with Gasteiger partial charge in [0.05, 0.1) is 11.3 Å². The molecule has 3 rings (SSSR count). The Morgan fingerprint density at radius 3 is 2.50 bits per heavy atom. The number of carbonyl (C=O) groups excluding carboxylic acids is 1. The highest BCUT2D eigenvalue weighted by Crippen LogP contribution is 2.16. The lowest BCUT2D eigenvalue weighted by Gasteiger charge is -2.04. The molecule has 0 bridgehead atoms. The minimum atomic E-state index is -3.11. The van der Waals surface area contributed by atoms with Gasteiger partial charge in [0.15, 0.2) is 22.0 Å². The van der Waals surface area contributed by atoms with Crippen LogP contribution in [0.15, 0.2) is 52.9 Å². The van der Waals surface area contributed by atoms with Crippen LogP contribution in [0, 0.1) is 0 Å². The van der Waals surface area contributed by atoms with E-state index in [0.29, 0.717) is 28.1 Å². The molecule has 2 aromatic carbocycles. The number of sulfone groups is 1. The van der Waals surface area contributed by atoms with Gasteiger partial charge < -0.3 is 9.15 Å². The van der Waals surface area contributed by atoms with Crippen molar-refractivity contribution >= 4 is 26.9 Å². The Balaban J connectivity index is 1.64. The van der Waals surface area contributed by atoms with Crippen LogP contribution in [-0.2, 0) is 26.9 Å². The third-order valence-corrected chi connectivity index (χ3v) is 4.14. The molecule has 3 aromatic rings. The fraction of sp³-hybridized carbons (Fsp3) is 0.176. The summed E-state index contributed by atoms with van der Waals surface area (Å²) in [6.07, 6.45) is 1.16. The molecule has 0 aliphatic carbocycles. The van der Waals surface area contributed by atoms with Crippen LogP contribution in [0.4, 0.5) is 0 Å². The molecular formula is C17H15NO5S. The standard InChI is InChI=1S/C17H15NO5S/c1-24(20,21)11-12-6-8-13(9-7-12)17(19)22-10-16-18-14-4-2-3-5-15(14)23-16/h2-9H,10-11H2,1H3. The van der Waals surface area contributed by atoms with E-state index in [1.165, 1.54) is 12.1 Å². The summed E-state index contributed by atoms with van der Waals surface area (Å²) in [6.45, 7) is -0.0708. The molecule has 0 amide bonds. The SMILES string of the molecule is CS(=O)(=O)Cc1ccc(C(=O)OCc2nc3ccccc3o2)cc1. The summed E-state index contributed by atoms with van der Waals surface area (Å²) < 4.78 is 33.1. The van der Waals surface area contributed by atoms with E-state index in [1.54, 1.807) is 18.2 Å². The Morgan fingerprint density at radius 2 is 1.83 bits per heavy atom. The molecule has 0 fully saturated rings. The molecule has 124 valence electrons. The van der Waals surface area contributed by atoms with Crippen molar-refractivity contribution in [2.75, 3.05) is 6.26 Å². The van der Waals surface area contributed by atoms with Crippen LogP contribution in [0.3, 0.4) is 0 Å². The van der Waals surface area contributed by atoms with Gasteiger partial charge in [-0.15, -0.1) is 0 Å². The maximum absolute atomic E-state index is 12.0. The van der Waals surface area contributed by atoms with Gasteiger partial charge in [-0.2, -0.15) is 0 Å². The van der Waals surface area contributed by atoms with Crippen molar-refractivity contribution in [3.63, 3.8) is 0 Å². The summed E-state index contributed by atoms with van der Waals surface area (Å²) in [5, 5.41) is 0. The molecule has 0 aliphatic heterocycles. The lowest BCUT2D eigenvalue weighted by atomic mass is 10.1. The van der Waals surface area contributed by atoms with Crippen molar-refractivity contribution in [1.82, 2.24) is 4.98 Å². The summed E-state index contributed by atoms with van der Waals surface area (Å²) in [5.41, 5.74) is 2.29. The maximum atomic E-state index is 12.0. The van der Waals surface area contributed by atoms with E-state index in [-0.39, 0.29) is 12.4 Å². The van der Waals surface area contributed by atoms with E-state index in [0.717, 1.165) is 6.26 Å². The Bertz CT molecular complexity index is 941. The molecule has 24 heavy (non-hydrogen) atoms. The van der Waals surface area contributed by atoms with Gasteiger partial charge in [-0.3, -0.25) is 0 Å². The normalized spacial score (nSPS) is 11.5. The zero-order valence-electron chi connectivity index (χ0n) is 12.9. The molecular weight excluding hydrogens is 330 g/mol. The van der Waals surface area contributed by atoms with Crippen molar-refractivity contribution < 1.29 is 22.4 Å². The Labute approximate surface area is 139 Å². The summed E-state index contributed by atoms with van der Waals surface area (Å²) >= 11 is 0. The zero-order valence-corrected chi connectivity index (χ0v) is 13.7. The first-order chi connectivity index (χ1) is 11.4. The van der Waals surface area contributed by atoms with Crippen LogP contribution in [0.5, 0.6) is 0 Å². The Morgan fingerprint density at radius 1 is 1.12 bits per heavy atom. The van der Waals surface area contributed by atoms with E-state index < -0.39 is 15.8 Å². The van der Waals surface area contributed by atoms with Crippen LogP contribution in [0.2, 0.25) is 0 Å². The summed E-state index contributed by atoms with van der Waals surface area (Å²) in [7, 11) is -3.11. The van der Waals surface area contributed by atoms with Gasteiger partial charge in [0, 0.05) is 6.26 Å². The van der Waals surface area contributed by atoms with Gasteiger partial charge in [0.25, 0.3) is 0 Å². The minimum Gasteiger partial charge on any atom is -0.452 e. The lowest BCUT2D eigenvalue weighted by molar-refractivity contribution is 0.0440. The van der Waals surface area contributed by atoms with Crippen LogP contribution >= 0.6 is 0 Å². The quantitative estimate of drug-likeness (QED) is 0.661.